The van der Waals surface area contributed by atoms with Crippen LogP contribution in [0.1, 0.15) is 19.8 Å². The Balaban J connectivity index is 2.69. The number of hydrogen-bond acceptors (Lipinski definition) is 3. The maximum atomic E-state index is 12.3. The van der Waals surface area contributed by atoms with Gasteiger partial charge in [-0.25, -0.2) is 4.79 Å². The molecule has 1 aromatic rings. The van der Waals surface area contributed by atoms with Crippen molar-refractivity contribution >= 4 is 17.7 Å². The highest BCUT2D eigenvalue weighted by Crippen LogP contribution is 2.20. The molecule has 2 N–H and O–H groups in total. The van der Waals surface area contributed by atoms with E-state index in [-0.39, 0.29) is 18.2 Å². The van der Waals surface area contributed by atoms with E-state index in [0.29, 0.717) is 25.2 Å². The number of phenolic OH excluding ortho intramolecular Hbond substituents is 1. The van der Waals surface area contributed by atoms with Gasteiger partial charge in [-0.15, -0.1) is 0 Å². The minimum atomic E-state index is -0.869. The highest BCUT2D eigenvalue weighted by molar-refractivity contribution is 5.92. The zero-order valence-electron chi connectivity index (χ0n) is 11.7. The molecule has 6 heteroatoms. The third-order valence-corrected chi connectivity index (χ3v) is 2.90. The summed E-state index contributed by atoms with van der Waals surface area (Å²) < 4.78 is 0. The second-order valence-electron chi connectivity index (χ2n) is 4.47. The van der Waals surface area contributed by atoms with E-state index < -0.39 is 5.97 Å². The molecule has 0 unspecified atom stereocenters. The Labute approximate surface area is 118 Å². The van der Waals surface area contributed by atoms with Crippen LogP contribution in [-0.2, 0) is 4.79 Å². The second-order valence-corrected chi connectivity index (χ2v) is 4.47. The minimum absolute atomic E-state index is 0.0376. The van der Waals surface area contributed by atoms with E-state index in [1.54, 1.807) is 25.2 Å². The lowest BCUT2D eigenvalue weighted by atomic mass is 10.2. The van der Waals surface area contributed by atoms with Gasteiger partial charge < -0.3 is 15.1 Å². The Morgan fingerprint density at radius 3 is 2.55 bits per heavy atom. The van der Waals surface area contributed by atoms with Crippen molar-refractivity contribution in [3.63, 3.8) is 0 Å². The molecular weight excluding hydrogens is 260 g/mol. The van der Waals surface area contributed by atoms with Crippen LogP contribution in [-0.4, -0.2) is 47.3 Å². The predicted octanol–water partition coefficient (Wildman–Crippen LogP) is 2.14. The summed E-state index contributed by atoms with van der Waals surface area (Å²) in [4.78, 5) is 25.8. The fourth-order valence-electron chi connectivity index (χ4n) is 1.86. The van der Waals surface area contributed by atoms with Crippen molar-refractivity contribution in [1.29, 1.82) is 0 Å². The molecule has 0 spiro atoms. The Morgan fingerprint density at radius 2 is 2.00 bits per heavy atom. The summed E-state index contributed by atoms with van der Waals surface area (Å²) in [5.41, 5.74) is 0.614. The van der Waals surface area contributed by atoms with Gasteiger partial charge in [0.1, 0.15) is 5.75 Å². The van der Waals surface area contributed by atoms with Gasteiger partial charge in [0.15, 0.2) is 0 Å². The van der Waals surface area contributed by atoms with Crippen LogP contribution in [0.5, 0.6) is 5.75 Å². The molecule has 2 amide bonds. The quantitative estimate of drug-likeness (QED) is 0.836. The number of aliphatic carboxylic acids is 1. The van der Waals surface area contributed by atoms with E-state index in [9.17, 15) is 14.7 Å². The number of carbonyl (C=O) groups is 2. The van der Waals surface area contributed by atoms with Crippen LogP contribution < -0.4 is 4.90 Å². The van der Waals surface area contributed by atoms with Gasteiger partial charge in [-0.3, -0.25) is 9.69 Å². The molecule has 0 saturated heterocycles. The van der Waals surface area contributed by atoms with E-state index >= 15 is 0 Å². The number of nitrogens with zero attached hydrogens (tertiary/aromatic N) is 2. The number of anilines is 1. The molecule has 0 aromatic heterocycles. The molecule has 0 heterocycles. The molecule has 0 radical (unpaired) electrons. The molecular formula is C14H20N2O4. The number of urea groups is 1. The average Bonchev–Trinajstić information content (AvgIpc) is 2.39. The highest BCUT2D eigenvalue weighted by Gasteiger charge is 2.18. The van der Waals surface area contributed by atoms with Crippen LogP contribution in [0.3, 0.4) is 0 Å². The summed E-state index contributed by atoms with van der Waals surface area (Å²) in [7, 11) is 1.63. The minimum Gasteiger partial charge on any atom is -0.508 e. The Kier molecular flexibility index (Phi) is 5.83. The van der Waals surface area contributed by atoms with E-state index in [1.807, 2.05) is 6.92 Å². The summed E-state index contributed by atoms with van der Waals surface area (Å²) in [6.45, 7) is 2.68. The van der Waals surface area contributed by atoms with Gasteiger partial charge in [0.25, 0.3) is 0 Å². The van der Waals surface area contributed by atoms with Gasteiger partial charge in [0.05, 0.1) is 0 Å². The topological polar surface area (TPSA) is 81.1 Å². The normalized spacial score (nSPS) is 10.1. The maximum absolute atomic E-state index is 12.3. The predicted molar refractivity (Wildman–Crippen MR) is 76.0 cm³/mol. The van der Waals surface area contributed by atoms with Crippen molar-refractivity contribution in [2.75, 3.05) is 25.0 Å². The van der Waals surface area contributed by atoms with Crippen molar-refractivity contribution in [2.24, 2.45) is 0 Å². The molecule has 0 saturated carbocycles. The molecule has 0 fully saturated rings. The molecule has 0 aliphatic rings. The lowest BCUT2D eigenvalue weighted by Gasteiger charge is -2.27. The number of carbonyl (C=O) groups excluding carboxylic acids is 1. The molecule has 0 aliphatic heterocycles. The number of rotatable bonds is 6. The number of phenols is 1. The summed E-state index contributed by atoms with van der Waals surface area (Å²) in [6, 6.07) is 6.26. The first-order valence-corrected chi connectivity index (χ1v) is 6.49. The smallest absolute Gasteiger partial charge is 0.324 e. The SMILES string of the molecule is CCN(C(=O)N(C)CCCC(=O)O)c1cccc(O)c1. The first kappa shape index (κ1) is 15.8. The third kappa shape index (κ3) is 4.46. The number of aromatic hydroxyl groups is 1. The molecule has 0 aliphatic carbocycles. The lowest BCUT2D eigenvalue weighted by Crippen LogP contribution is -2.41. The third-order valence-electron chi connectivity index (χ3n) is 2.90. The van der Waals surface area contributed by atoms with Crippen LogP contribution in [0.25, 0.3) is 0 Å². The summed E-state index contributed by atoms with van der Waals surface area (Å²) >= 11 is 0. The highest BCUT2D eigenvalue weighted by atomic mass is 16.4. The first-order valence-electron chi connectivity index (χ1n) is 6.49. The lowest BCUT2D eigenvalue weighted by molar-refractivity contribution is -0.137. The summed E-state index contributed by atoms with van der Waals surface area (Å²) in [5.74, 6) is -0.770. The molecule has 20 heavy (non-hydrogen) atoms. The van der Waals surface area contributed by atoms with Gasteiger partial charge in [-0.2, -0.15) is 0 Å². The van der Waals surface area contributed by atoms with Crippen molar-refractivity contribution in [3.8, 4) is 5.75 Å². The van der Waals surface area contributed by atoms with Crippen LogP contribution >= 0.6 is 0 Å². The monoisotopic (exact) mass is 280 g/mol. The van der Waals surface area contributed by atoms with Gasteiger partial charge >= 0.3 is 12.0 Å². The van der Waals surface area contributed by atoms with E-state index in [4.69, 9.17) is 5.11 Å². The van der Waals surface area contributed by atoms with Crippen molar-refractivity contribution < 1.29 is 19.8 Å². The standard InChI is InChI=1S/C14H20N2O4/c1-3-16(11-6-4-7-12(17)10-11)14(20)15(2)9-5-8-13(18)19/h4,6-7,10,17H,3,5,8-9H2,1-2H3,(H,18,19). The number of carboxylic acids is 1. The van der Waals surface area contributed by atoms with Crippen molar-refractivity contribution in [1.82, 2.24) is 4.90 Å². The Morgan fingerprint density at radius 1 is 1.30 bits per heavy atom. The first-order chi connectivity index (χ1) is 9.45. The number of hydrogen-bond donors (Lipinski definition) is 2. The summed E-state index contributed by atoms with van der Waals surface area (Å²) in [5, 5.41) is 18.1. The van der Waals surface area contributed by atoms with Gasteiger partial charge in [0.2, 0.25) is 0 Å². The molecule has 0 atom stereocenters. The van der Waals surface area contributed by atoms with Gasteiger partial charge in [0, 0.05) is 38.3 Å². The van der Waals surface area contributed by atoms with Crippen LogP contribution in [0.4, 0.5) is 10.5 Å². The summed E-state index contributed by atoms with van der Waals surface area (Å²) in [6.07, 6.45) is 0.449. The molecule has 0 bridgehead atoms. The molecule has 1 rings (SSSR count). The van der Waals surface area contributed by atoms with Gasteiger partial charge in [-0.05, 0) is 25.5 Å². The fraction of sp³-hybridized carbons (Fsp3) is 0.429. The van der Waals surface area contributed by atoms with Crippen LogP contribution in [0.15, 0.2) is 24.3 Å². The maximum Gasteiger partial charge on any atom is 0.324 e. The molecule has 1 aromatic carbocycles. The van der Waals surface area contributed by atoms with Crippen molar-refractivity contribution in [2.45, 2.75) is 19.8 Å². The zero-order chi connectivity index (χ0) is 15.1. The van der Waals surface area contributed by atoms with E-state index in [1.165, 1.54) is 15.9 Å². The van der Waals surface area contributed by atoms with E-state index in [2.05, 4.69) is 0 Å². The number of amides is 2. The van der Waals surface area contributed by atoms with Crippen LogP contribution in [0.2, 0.25) is 0 Å². The van der Waals surface area contributed by atoms with Crippen molar-refractivity contribution in [3.05, 3.63) is 24.3 Å². The Hall–Kier alpha value is -2.24. The number of benzene rings is 1. The zero-order valence-corrected chi connectivity index (χ0v) is 11.7. The molecule has 110 valence electrons. The largest absolute Gasteiger partial charge is 0.508 e. The van der Waals surface area contributed by atoms with Gasteiger partial charge in [-0.1, -0.05) is 6.07 Å². The average molecular weight is 280 g/mol. The second kappa shape index (κ2) is 7.37. The van der Waals surface area contributed by atoms with Crippen LogP contribution in [0, 0.1) is 0 Å². The van der Waals surface area contributed by atoms with E-state index in [0.717, 1.165) is 0 Å². The Bertz CT molecular complexity index is 476. The number of carboxylic acid groups (broad SMARTS) is 1. The fourth-order valence-corrected chi connectivity index (χ4v) is 1.86. The molecule has 6 nitrogen and oxygen atoms in total.